The summed E-state index contributed by atoms with van der Waals surface area (Å²) in [4.78, 5) is 4.93. The molecule has 23 heavy (non-hydrogen) atoms. The number of benzene rings is 1. The van der Waals surface area contributed by atoms with E-state index in [0.717, 1.165) is 51.4 Å². The van der Waals surface area contributed by atoms with Gasteiger partial charge in [-0.25, -0.2) is 4.39 Å². The van der Waals surface area contributed by atoms with Crippen LogP contribution in [0.1, 0.15) is 31.2 Å². The molecular formula is C18H26ClFN2O. The fraction of sp³-hybridized carbons (Fsp3) is 0.667. The Labute approximate surface area is 143 Å². The molecule has 0 amide bonds. The van der Waals surface area contributed by atoms with Gasteiger partial charge in [-0.2, -0.15) is 0 Å². The second kappa shape index (κ2) is 8.43. The Balaban J connectivity index is 1.58. The van der Waals surface area contributed by atoms with Gasteiger partial charge in [-0.3, -0.25) is 9.80 Å². The largest absolute Gasteiger partial charge is 0.379 e. The van der Waals surface area contributed by atoms with Crippen molar-refractivity contribution in [3.05, 3.63) is 34.6 Å². The van der Waals surface area contributed by atoms with Crippen molar-refractivity contribution >= 4 is 11.6 Å². The Kier molecular flexibility index (Phi) is 6.29. The van der Waals surface area contributed by atoms with E-state index in [-0.39, 0.29) is 10.8 Å². The summed E-state index contributed by atoms with van der Waals surface area (Å²) in [6.45, 7) is 6.61. The molecule has 2 aliphatic heterocycles. The molecule has 128 valence electrons. The lowest BCUT2D eigenvalue weighted by molar-refractivity contribution is 0.0301. The van der Waals surface area contributed by atoms with Crippen molar-refractivity contribution in [1.82, 2.24) is 9.80 Å². The van der Waals surface area contributed by atoms with E-state index in [2.05, 4.69) is 9.80 Å². The highest BCUT2D eigenvalue weighted by Crippen LogP contribution is 2.25. The summed E-state index contributed by atoms with van der Waals surface area (Å²) < 4.78 is 19.6. The molecule has 2 aliphatic rings. The van der Waals surface area contributed by atoms with Crippen LogP contribution in [0.15, 0.2) is 18.2 Å². The van der Waals surface area contributed by atoms with E-state index in [1.807, 2.05) is 12.1 Å². The Hall–Kier alpha value is -0.680. The molecule has 2 heterocycles. The predicted molar refractivity (Wildman–Crippen MR) is 91.3 cm³/mol. The summed E-state index contributed by atoms with van der Waals surface area (Å²) in [6.07, 6.45) is 4.85. The van der Waals surface area contributed by atoms with Gasteiger partial charge in [0, 0.05) is 31.2 Å². The zero-order valence-electron chi connectivity index (χ0n) is 13.6. The van der Waals surface area contributed by atoms with E-state index >= 15 is 0 Å². The van der Waals surface area contributed by atoms with E-state index in [1.165, 1.54) is 19.3 Å². The number of morpholine rings is 1. The van der Waals surface area contributed by atoms with E-state index in [9.17, 15) is 4.39 Å². The van der Waals surface area contributed by atoms with Crippen LogP contribution in [-0.2, 0) is 11.3 Å². The summed E-state index contributed by atoms with van der Waals surface area (Å²) in [5.41, 5.74) is 0.718. The van der Waals surface area contributed by atoms with Crippen LogP contribution in [0.5, 0.6) is 0 Å². The monoisotopic (exact) mass is 340 g/mol. The maximum atomic E-state index is 14.2. The molecule has 0 bridgehead atoms. The minimum absolute atomic E-state index is 0.226. The summed E-state index contributed by atoms with van der Waals surface area (Å²) in [5.74, 6) is -0.258. The Morgan fingerprint density at radius 3 is 2.83 bits per heavy atom. The highest BCUT2D eigenvalue weighted by Gasteiger charge is 2.24. The lowest BCUT2D eigenvalue weighted by Gasteiger charge is -2.37. The van der Waals surface area contributed by atoms with Gasteiger partial charge in [-0.15, -0.1) is 0 Å². The maximum absolute atomic E-state index is 14.2. The van der Waals surface area contributed by atoms with Crippen LogP contribution in [0.4, 0.5) is 4.39 Å². The minimum Gasteiger partial charge on any atom is -0.379 e. The van der Waals surface area contributed by atoms with Crippen LogP contribution < -0.4 is 0 Å². The number of ether oxygens (including phenoxy) is 1. The van der Waals surface area contributed by atoms with Gasteiger partial charge < -0.3 is 4.74 Å². The van der Waals surface area contributed by atoms with Gasteiger partial charge in [-0.1, -0.05) is 30.2 Å². The van der Waals surface area contributed by atoms with E-state index < -0.39 is 0 Å². The lowest BCUT2D eigenvalue weighted by atomic mass is 9.98. The van der Waals surface area contributed by atoms with E-state index in [4.69, 9.17) is 16.3 Å². The van der Waals surface area contributed by atoms with Crippen LogP contribution in [-0.4, -0.2) is 55.2 Å². The van der Waals surface area contributed by atoms with Crippen LogP contribution in [0.3, 0.4) is 0 Å². The van der Waals surface area contributed by atoms with Crippen LogP contribution in [0, 0.1) is 5.82 Å². The van der Waals surface area contributed by atoms with E-state index in [0.29, 0.717) is 12.6 Å². The van der Waals surface area contributed by atoms with Crippen molar-refractivity contribution in [3.63, 3.8) is 0 Å². The smallest absolute Gasteiger partial charge is 0.146 e. The van der Waals surface area contributed by atoms with Gasteiger partial charge in [-0.05, 0) is 38.4 Å². The number of halogens is 2. The second-order valence-corrected chi connectivity index (χ2v) is 6.98. The average Bonchev–Trinajstić information content (AvgIpc) is 2.59. The highest BCUT2D eigenvalue weighted by molar-refractivity contribution is 6.30. The van der Waals surface area contributed by atoms with Gasteiger partial charge in [0.05, 0.1) is 18.2 Å². The third kappa shape index (κ3) is 4.66. The first-order chi connectivity index (χ1) is 11.2. The molecule has 2 saturated heterocycles. The molecule has 0 radical (unpaired) electrons. The van der Waals surface area contributed by atoms with E-state index in [1.54, 1.807) is 6.07 Å². The first kappa shape index (κ1) is 17.2. The quantitative estimate of drug-likeness (QED) is 0.815. The SMILES string of the molecule is Fc1c(Cl)cccc1CN1CCCC[C@H]1CCN1CCOCC1. The molecule has 0 saturated carbocycles. The molecule has 2 fully saturated rings. The zero-order valence-corrected chi connectivity index (χ0v) is 14.4. The molecule has 3 nitrogen and oxygen atoms in total. The van der Waals surface area contributed by atoms with Crippen molar-refractivity contribution in [3.8, 4) is 0 Å². The van der Waals surface area contributed by atoms with Crippen LogP contribution >= 0.6 is 11.6 Å². The normalized spacial score (nSPS) is 24.0. The molecule has 5 heteroatoms. The third-order valence-corrected chi connectivity index (χ3v) is 5.33. The molecule has 1 aromatic rings. The number of hydrogen-bond acceptors (Lipinski definition) is 3. The number of likely N-dealkylation sites (tertiary alicyclic amines) is 1. The number of rotatable bonds is 5. The molecule has 0 aromatic heterocycles. The molecular weight excluding hydrogens is 315 g/mol. The van der Waals surface area contributed by atoms with Crippen molar-refractivity contribution in [1.29, 1.82) is 0 Å². The van der Waals surface area contributed by atoms with Crippen LogP contribution in [0.2, 0.25) is 5.02 Å². The van der Waals surface area contributed by atoms with Crippen molar-refractivity contribution in [2.24, 2.45) is 0 Å². The molecule has 0 spiro atoms. The van der Waals surface area contributed by atoms with Gasteiger partial charge in [0.1, 0.15) is 5.82 Å². The fourth-order valence-electron chi connectivity index (χ4n) is 3.64. The Morgan fingerprint density at radius 2 is 2.00 bits per heavy atom. The summed E-state index contributed by atoms with van der Waals surface area (Å²) in [6, 6.07) is 5.86. The number of hydrogen-bond donors (Lipinski definition) is 0. The molecule has 3 rings (SSSR count). The maximum Gasteiger partial charge on any atom is 0.146 e. The number of nitrogens with zero attached hydrogens (tertiary/aromatic N) is 2. The summed E-state index contributed by atoms with van der Waals surface area (Å²) >= 11 is 5.92. The average molecular weight is 341 g/mol. The third-order valence-electron chi connectivity index (χ3n) is 5.04. The number of piperidine rings is 1. The topological polar surface area (TPSA) is 15.7 Å². The molecule has 1 atom stereocenters. The predicted octanol–water partition coefficient (Wildman–Crippen LogP) is 3.56. The Morgan fingerprint density at radius 1 is 1.17 bits per heavy atom. The van der Waals surface area contributed by atoms with Gasteiger partial charge in [0.2, 0.25) is 0 Å². The zero-order chi connectivity index (χ0) is 16.1. The Bertz CT molecular complexity index is 508. The van der Waals surface area contributed by atoms with Crippen LogP contribution in [0.25, 0.3) is 0 Å². The van der Waals surface area contributed by atoms with Crippen molar-refractivity contribution in [2.75, 3.05) is 39.4 Å². The standard InChI is InChI=1S/C18H26ClFN2O/c19-17-6-3-4-15(18(17)20)14-22-8-2-1-5-16(22)7-9-21-10-12-23-13-11-21/h3-4,6,16H,1-2,5,7-14H2/t16-/m0/s1. The summed E-state index contributed by atoms with van der Waals surface area (Å²) in [5, 5.41) is 0.226. The van der Waals surface area contributed by atoms with Crippen molar-refractivity contribution < 1.29 is 9.13 Å². The second-order valence-electron chi connectivity index (χ2n) is 6.58. The highest BCUT2D eigenvalue weighted by atomic mass is 35.5. The molecule has 0 aliphatic carbocycles. The first-order valence-corrected chi connectivity index (χ1v) is 9.09. The molecule has 1 aromatic carbocycles. The molecule has 0 unspecified atom stereocenters. The van der Waals surface area contributed by atoms with Gasteiger partial charge in [0.15, 0.2) is 0 Å². The lowest BCUT2D eigenvalue weighted by Crippen LogP contribution is -2.43. The van der Waals surface area contributed by atoms with Gasteiger partial charge >= 0.3 is 0 Å². The molecule has 0 N–H and O–H groups in total. The van der Waals surface area contributed by atoms with Crippen molar-refractivity contribution in [2.45, 2.75) is 38.3 Å². The fourth-order valence-corrected chi connectivity index (χ4v) is 3.83. The summed E-state index contributed by atoms with van der Waals surface area (Å²) in [7, 11) is 0. The minimum atomic E-state index is -0.258. The first-order valence-electron chi connectivity index (χ1n) is 8.71. The van der Waals surface area contributed by atoms with Gasteiger partial charge in [0.25, 0.3) is 0 Å².